The number of carbonyl (C=O) groups excluding carboxylic acids is 1. The van der Waals surface area contributed by atoms with E-state index in [1.165, 1.54) is 34.3 Å². The molecule has 1 aliphatic heterocycles. The van der Waals surface area contributed by atoms with Crippen molar-refractivity contribution in [1.82, 2.24) is 9.62 Å². The number of hydrogen-bond donors (Lipinski definition) is 1. The number of amides is 1. The first-order valence-electron chi connectivity index (χ1n) is 13.2. The van der Waals surface area contributed by atoms with Gasteiger partial charge in [0.2, 0.25) is 10.0 Å². The van der Waals surface area contributed by atoms with Crippen molar-refractivity contribution in [2.75, 3.05) is 33.9 Å². The minimum Gasteiger partial charge on any atom is -0.493 e. The van der Waals surface area contributed by atoms with Crippen molar-refractivity contribution in [1.29, 1.82) is 0 Å². The molecule has 1 N–H and O–H groups in total. The fourth-order valence-corrected chi connectivity index (χ4v) is 7.60. The van der Waals surface area contributed by atoms with E-state index in [4.69, 9.17) is 9.47 Å². The third-order valence-electron chi connectivity index (χ3n) is 6.86. The molecule has 1 heterocycles. The number of halogens is 1. The lowest BCUT2D eigenvalue weighted by Crippen LogP contribution is -2.42. The van der Waals surface area contributed by atoms with E-state index in [-0.39, 0.29) is 34.0 Å². The Bertz CT molecular complexity index is 1440. The van der Waals surface area contributed by atoms with Gasteiger partial charge in [-0.1, -0.05) is 31.7 Å². The Morgan fingerprint density at radius 1 is 0.975 bits per heavy atom. The molecule has 214 valence electrons. The van der Waals surface area contributed by atoms with Crippen LogP contribution in [0.5, 0.6) is 11.5 Å². The minimum absolute atomic E-state index is 0.0855. The minimum atomic E-state index is -3.79. The third kappa shape index (κ3) is 7.16. The summed E-state index contributed by atoms with van der Waals surface area (Å²) in [6, 6.07) is 16.2. The lowest BCUT2D eigenvalue weighted by Gasteiger charge is -2.34. The molecular weight excluding hydrogens is 551 g/mol. The van der Waals surface area contributed by atoms with Gasteiger partial charge in [0.05, 0.1) is 24.7 Å². The molecule has 0 spiro atoms. The normalized spacial score (nSPS) is 17.8. The monoisotopic (exact) mass is 586 g/mol. The molecule has 7 nitrogen and oxygen atoms in total. The van der Waals surface area contributed by atoms with Crippen molar-refractivity contribution < 1.29 is 27.1 Å². The van der Waals surface area contributed by atoms with E-state index in [9.17, 15) is 17.6 Å². The zero-order chi connectivity index (χ0) is 28.9. The van der Waals surface area contributed by atoms with E-state index in [1.807, 2.05) is 18.2 Å². The fourth-order valence-electron chi connectivity index (χ4n) is 4.97. The van der Waals surface area contributed by atoms with E-state index >= 15 is 0 Å². The predicted octanol–water partition coefficient (Wildman–Crippen LogP) is 5.63. The van der Waals surface area contributed by atoms with E-state index in [0.29, 0.717) is 42.4 Å². The summed E-state index contributed by atoms with van der Waals surface area (Å²) in [6.07, 6.45) is 1.51. The highest BCUT2D eigenvalue weighted by molar-refractivity contribution is 7.99. The highest BCUT2D eigenvalue weighted by atomic mass is 32.2. The van der Waals surface area contributed by atoms with Crippen LogP contribution in [0.2, 0.25) is 0 Å². The van der Waals surface area contributed by atoms with Crippen molar-refractivity contribution in [2.45, 2.75) is 41.4 Å². The van der Waals surface area contributed by atoms with Crippen molar-refractivity contribution in [3.05, 3.63) is 77.6 Å². The van der Waals surface area contributed by atoms with Gasteiger partial charge in [0.1, 0.15) is 5.82 Å². The maximum Gasteiger partial charge on any atom is 0.252 e. The number of methoxy groups -OCH3 is 2. The second-order valence-electron chi connectivity index (χ2n) is 10.2. The van der Waals surface area contributed by atoms with Gasteiger partial charge in [0, 0.05) is 29.4 Å². The van der Waals surface area contributed by atoms with Crippen LogP contribution in [0.3, 0.4) is 0 Å². The first kappa shape index (κ1) is 29.9. The molecule has 0 radical (unpaired) electrons. The number of ether oxygens (including phenoxy) is 2. The molecule has 4 rings (SSSR count). The second kappa shape index (κ2) is 13.1. The SMILES string of the molecule is COc1ccc(CCNC(=O)c2cc(S(=O)(=O)N3C[C@H](C)C[C@@H](C)C3)ccc2Sc2ccc(F)cc2)cc1OC. The molecule has 0 bridgehead atoms. The van der Waals surface area contributed by atoms with Crippen molar-refractivity contribution in [3.8, 4) is 11.5 Å². The van der Waals surface area contributed by atoms with E-state index in [0.717, 1.165) is 16.9 Å². The summed E-state index contributed by atoms with van der Waals surface area (Å²) in [5, 5.41) is 2.93. The molecule has 10 heteroatoms. The molecule has 2 atom stereocenters. The molecule has 0 saturated carbocycles. The fraction of sp³-hybridized carbons (Fsp3) is 0.367. The molecule has 3 aromatic carbocycles. The Hall–Kier alpha value is -3.08. The Morgan fingerprint density at radius 2 is 1.65 bits per heavy atom. The average Bonchev–Trinajstić information content (AvgIpc) is 2.93. The summed E-state index contributed by atoms with van der Waals surface area (Å²) >= 11 is 1.28. The Balaban J connectivity index is 1.58. The van der Waals surface area contributed by atoms with Crippen LogP contribution in [0.4, 0.5) is 4.39 Å². The zero-order valence-electron chi connectivity index (χ0n) is 23.1. The van der Waals surface area contributed by atoms with Crippen molar-refractivity contribution >= 4 is 27.7 Å². The molecule has 1 fully saturated rings. The average molecular weight is 587 g/mol. The van der Waals surface area contributed by atoms with Gasteiger partial charge < -0.3 is 14.8 Å². The van der Waals surface area contributed by atoms with Crippen LogP contribution in [0.15, 0.2) is 75.4 Å². The highest BCUT2D eigenvalue weighted by Crippen LogP contribution is 2.34. The van der Waals surface area contributed by atoms with Gasteiger partial charge in [-0.2, -0.15) is 4.31 Å². The van der Waals surface area contributed by atoms with Crippen LogP contribution in [0, 0.1) is 17.7 Å². The lowest BCUT2D eigenvalue weighted by molar-refractivity contribution is 0.0951. The van der Waals surface area contributed by atoms with Gasteiger partial charge in [0.25, 0.3) is 5.91 Å². The summed E-state index contributed by atoms with van der Waals surface area (Å²) in [7, 11) is -0.653. The summed E-state index contributed by atoms with van der Waals surface area (Å²) in [4.78, 5) is 14.8. The maximum absolute atomic E-state index is 13.6. The van der Waals surface area contributed by atoms with Gasteiger partial charge in [-0.3, -0.25) is 4.79 Å². The predicted molar refractivity (Wildman–Crippen MR) is 154 cm³/mol. The molecule has 40 heavy (non-hydrogen) atoms. The van der Waals surface area contributed by atoms with Crippen LogP contribution >= 0.6 is 11.8 Å². The van der Waals surface area contributed by atoms with Crippen LogP contribution in [-0.4, -0.2) is 52.5 Å². The molecule has 1 aliphatic rings. The van der Waals surface area contributed by atoms with Crippen LogP contribution < -0.4 is 14.8 Å². The van der Waals surface area contributed by atoms with E-state index in [2.05, 4.69) is 19.2 Å². The summed E-state index contributed by atoms with van der Waals surface area (Å²) in [5.41, 5.74) is 1.20. The van der Waals surface area contributed by atoms with Crippen LogP contribution in [0.25, 0.3) is 0 Å². The molecule has 1 saturated heterocycles. The number of nitrogens with zero attached hydrogens (tertiary/aromatic N) is 1. The van der Waals surface area contributed by atoms with Crippen LogP contribution in [0.1, 0.15) is 36.2 Å². The maximum atomic E-state index is 13.6. The molecule has 1 amide bonds. The first-order valence-corrected chi connectivity index (χ1v) is 15.4. The molecule has 0 unspecified atom stereocenters. The van der Waals surface area contributed by atoms with Crippen LogP contribution in [-0.2, 0) is 16.4 Å². The Kier molecular flexibility index (Phi) is 9.76. The number of benzene rings is 3. The van der Waals surface area contributed by atoms with Gasteiger partial charge in [0.15, 0.2) is 11.5 Å². The van der Waals surface area contributed by atoms with Gasteiger partial charge in [-0.05, 0) is 84.8 Å². The molecule has 0 aromatic heterocycles. The van der Waals surface area contributed by atoms with Crippen molar-refractivity contribution in [2.24, 2.45) is 11.8 Å². The molecule has 3 aromatic rings. The molecule has 0 aliphatic carbocycles. The molecular formula is C30H35FN2O5S2. The summed E-state index contributed by atoms with van der Waals surface area (Å²) in [5.74, 6) is 0.987. The quantitative estimate of drug-likeness (QED) is 0.331. The number of nitrogens with one attached hydrogen (secondary N) is 1. The number of hydrogen-bond acceptors (Lipinski definition) is 6. The third-order valence-corrected chi connectivity index (χ3v) is 9.77. The summed E-state index contributed by atoms with van der Waals surface area (Å²) in [6.45, 7) is 5.33. The second-order valence-corrected chi connectivity index (χ2v) is 13.2. The number of carbonyl (C=O) groups is 1. The Morgan fingerprint density at radius 3 is 2.30 bits per heavy atom. The Labute approximate surface area is 240 Å². The smallest absolute Gasteiger partial charge is 0.252 e. The largest absolute Gasteiger partial charge is 0.493 e. The first-order chi connectivity index (χ1) is 19.1. The lowest BCUT2D eigenvalue weighted by atomic mass is 9.94. The number of rotatable bonds is 10. The topological polar surface area (TPSA) is 84.9 Å². The standard InChI is InChI=1S/C30H35FN2O5S2/c1-20-15-21(2)19-33(18-20)40(35,36)25-10-12-29(39-24-8-6-23(31)7-9-24)26(17-25)30(34)32-14-13-22-5-11-27(37-3)28(16-22)38-4/h5-12,16-17,20-21H,13-15,18-19H2,1-4H3,(H,32,34)/t20-,21-/m1/s1. The van der Waals surface area contributed by atoms with Gasteiger partial charge in [-0.15, -0.1) is 0 Å². The number of sulfonamides is 1. The number of piperidine rings is 1. The van der Waals surface area contributed by atoms with E-state index < -0.39 is 10.0 Å². The summed E-state index contributed by atoms with van der Waals surface area (Å²) < 4.78 is 52.8. The zero-order valence-corrected chi connectivity index (χ0v) is 24.8. The highest BCUT2D eigenvalue weighted by Gasteiger charge is 2.32. The van der Waals surface area contributed by atoms with Gasteiger partial charge in [-0.25, -0.2) is 12.8 Å². The van der Waals surface area contributed by atoms with Gasteiger partial charge >= 0.3 is 0 Å². The van der Waals surface area contributed by atoms with E-state index in [1.54, 1.807) is 38.5 Å². The van der Waals surface area contributed by atoms with Crippen molar-refractivity contribution in [3.63, 3.8) is 0 Å².